The molecule has 0 aliphatic rings. The molecule has 0 saturated heterocycles. The van der Waals surface area contributed by atoms with Gasteiger partial charge in [0.05, 0.1) is 7.11 Å². The number of halogens is 1. The van der Waals surface area contributed by atoms with E-state index in [1.54, 1.807) is 12.1 Å². The molecule has 0 amide bonds. The first-order valence-corrected chi connectivity index (χ1v) is 5.67. The van der Waals surface area contributed by atoms with Gasteiger partial charge >= 0.3 is 0 Å². The van der Waals surface area contributed by atoms with Gasteiger partial charge in [-0.1, -0.05) is 19.9 Å². The highest BCUT2D eigenvalue weighted by Gasteiger charge is 2.10. The van der Waals surface area contributed by atoms with E-state index >= 15 is 0 Å². The molecule has 3 N–H and O–H groups in total. The van der Waals surface area contributed by atoms with Gasteiger partial charge < -0.3 is 15.6 Å². The van der Waals surface area contributed by atoms with Gasteiger partial charge in [0, 0.05) is 6.04 Å². The Morgan fingerprint density at radius 1 is 1.29 bits per heavy atom. The first-order valence-electron chi connectivity index (χ1n) is 5.67. The highest BCUT2D eigenvalue weighted by molar-refractivity contribution is 5.85. The molecule has 0 aromatic heterocycles. The summed E-state index contributed by atoms with van der Waals surface area (Å²) in [4.78, 5) is 0. The predicted octanol–water partition coefficient (Wildman–Crippen LogP) is 3.26. The van der Waals surface area contributed by atoms with Crippen LogP contribution >= 0.6 is 12.4 Å². The van der Waals surface area contributed by atoms with E-state index in [-0.39, 0.29) is 24.2 Å². The number of methoxy groups -OCH3 is 1. The van der Waals surface area contributed by atoms with Gasteiger partial charge in [-0.05, 0) is 36.5 Å². The summed E-state index contributed by atoms with van der Waals surface area (Å²) in [7, 11) is 1.54. The Morgan fingerprint density at radius 3 is 2.41 bits per heavy atom. The molecule has 0 saturated carbocycles. The van der Waals surface area contributed by atoms with Crippen molar-refractivity contribution in [2.24, 2.45) is 11.7 Å². The molecule has 1 rings (SSSR count). The minimum atomic E-state index is -0.0146. The number of hydrogen-bond acceptors (Lipinski definition) is 3. The second-order valence-electron chi connectivity index (χ2n) is 4.51. The minimum absolute atomic E-state index is 0. The Balaban J connectivity index is 0.00000256. The average molecular weight is 260 g/mol. The molecule has 0 heterocycles. The number of hydrogen-bond donors (Lipinski definition) is 2. The molecule has 0 unspecified atom stereocenters. The first-order chi connectivity index (χ1) is 7.54. The van der Waals surface area contributed by atoms with Crippen LogP contribution in [0.3, 0.4) is 0 Å². The number of phenols is 1. The van der Waals surface area contributed by atoms with Gasteiger partial charge in [-0.15, -0.1) is 12.4 Å². The summed E-state index contributed by atoms with van der Waals surface area (Å²) in [5.74, 6) is 1.29. The van der Waals surface area contributed by atoms with Gasteiger partial charge in [0.25, 0.3) is 0 Å². The van der Waals surface area contributed by atoms with Crippen LogP contribution in [0.4, 0.5) is 0 Å². The summed E-state index contributed by atoms with van der Waals surface area (Å²) in [6, 6.07) is 5.33. The Kier molecular flexibility index (Phi) is 7.00. The van der Waals surface area contributed by atoms with E-state index in [0.29, 0.717) is 11.7 Å². The Labute approximate surface area is 109 Å². The number of benzene rings is 1. The van der Waals surface area contributed by atoms with Crippen molar-refractivity contribution in [2.45, 2.75) is 32.7 Å². The second kappa shape index (κ2) is 7.41. The molecule has 98 valence electrons. The molecule has 0 aliphatic carbocycles. The zero-order chi connectivity index (χ0) is 12.1. The van der Waals surface area contributed by atoms with Gasteiger partial charge in [0.15, 0.2) is 11.5 Å². The molecule has 0 spiro atoms. The van der Waals surface area contributed by atoms with Gasteiger partial charge in [-0.3, -0.25) is 0 Å². The Hall–Kier alpha value is -0.930. The topological polar surface area (TPSA) is 55.5 Å². The molecule has 0 fully saturated rings. The second-order valence-corrected chi connectivity index (χ2v) is 4.51. The smallest absolute Gasteiger partial charge is 0.160 e. The maximum atomic E-state index is 9.64. The largest absolute Gasteiger partial charge is 0.504 e. The molecule has 1 aromatic rings. The van der Waals surface area contributed by atoms with Gasteiger partial charge in [-0.2, -0.15) is 0 Å². The number of aromatic hydroxyl groups is 1. The molecule has 0 aliphatic heterocycles. The summed E-state index contributed by atoms with van der Waals surface area (Å²) >= 11 is 0. The summed E-state index contributed by atoms with van der Waals surface area (Å²) in [5, 5.41) is 9.64. The van der Waals surface area contributed by atoms with E-state index in [1.807, 2.05) is 6.07 Å². The van der Waals surface area contributed by atoms with E-state index in [4.69, 9.17) is 10.5 Å². The van der Waals surface area contributed by atoms with Crippen LogP contribution < -0.4 is 10.5 Å². The Bertz CT molecular complexity index is 342. The highest BCUT2D eigenvalue weighted by atomic mass is 35.5. The van der Waals surface area contributed by atoms with Crippen LogP contribution in [0, 0.1) is 5.92 Å². The molecule has 17 heavy (non-hydrogen) atoms. The lowest BCUT2D eigenvalue weighted by Crippen LogP contribution is -2.11. The van der Waals surface area contributed by atoms with E-state index in [1.165, 1.54) is 7.11 Å². The fraction of sp³-hybridized carbons (Fsp3) is 0.538. The molecule has 3 nitrogen and oxygen atoms in total. The van der Waals surface area contributed by atoms with Crippen LogP contribution in [0.15, 0.2) is 18.2 Å². The van der Waals surface area contributed by atoms with Crippen molar-refractivity contribution in [2.75, 3.05) is 7.11 Å². The van der Waals surface area contributed by atoms with E-state index in [9.17, 15) is 5.11 Å². The summed E-state index contributed by atoms with van der Waals surface area (Å²) in [6.07, 6.45) is 2.03. The first kappa shape index (κ1) is 16.1. The molecule has 1 atom stereocenters. The van der Waals surface area contributed by atoms with Crippen LogP contribution in [0.25, 0.3) is 0 Å². The summed E-state index contributed by atoms with van der Waals surface area (Å²) in [6.45, 7) is 4.36. The van der Waals surface area contributed by atoms with Crippen LogP contribution in [0.2, 0.25) is 0 Å². The van der Waals surface area contributed by atoms with Gasteiger partial charge in [0.2, 0.25) is 0 Å². The minimum Gasteiger partial charge on any atom is -0.504 e. The molecule has 0 radical (unpaired) electrons. The summed E-state index contributed by atoms with van der Waals surface area (Å²) < 4.78 is 4.99. The molecule has 1 aromatic carbocycles. The zero-order valence-corrected chi connectivity index (χ0v) is 11.5. The fourth-order valence-electron chi connectivity index (χ4n) is 1.62. The van der Waals surface area contributed by atoms with Crippen molar-refractivity contribution < 1.29 is 9.84 Å². The van der Waals surface area contributed by atoms with E-state index < -0.39 is 0 Å². The third-order valence-corrected chi connectivity index (χ3v) is 2.69. The maximum absolute atomic E-state index is 9.64. The lowest BCUT2D eigenvalue weighted by Gasteiger charge is -2.14. The predicted molar refractivity (Wildman–Crippen MR) is 72.9 cm³/mol. The van der Waals surface area contributed by atoms with Crippen molar-refractivity contribution in [1.29, 1.82) is 0 Å². The van der Waals surface area contributed by atoms with Crippen molar-refractivity contribution in [3.8, 4) is 11.5 Å². The SMILES string of the molecule is COc1ccc([C@@H](N)CCC(C)C)cc1O.Cl. The van der Waals surface area contributed by atoms with Gasteiger partial charge in [-0.25, -0.2) is 0 Å². The molecule has 0 bridgehead atoms. The zero-order valence-electron chi connectivity index (χ0n) is 10.6. The lowest BCUT2D eigenvalue weighted by molar-refractivity contribution is 0.372. The highest BCUT2D eigenvalue weighted by Crippen LogP contribution is 2.29. The van der Waals surface area contributed by atoms with E-state index in [0.717, 1.165) is 18.4 Å². The number of phenolic OH excluding ortho intramolecular Hbond substituents is 1. The van der Waals surface area contributed by atoms with Crippen molar-refractivity contribution in [3.63, 3.8) is 0 Å². The van der Waals surface area contributed by atoms with E-state index in [2.05, 4.69) is 13.8 Å². The quantitative estimate of drug-likeness (QED) is 0.853. The maximum Gasteiger partial charge on any atom is 0.160 e. The van der Waals surface area contributed by atoms with Crippen LogP contribution in [0.1, 0.15) is 38.3 Å². The molecular weight excluding hydrogens is 238 g/mol. The Morgan fingerprint density at radius 2 is 1.94 bits per heavy atom. The molecule has 4 heteroatoms. The van der Waals surface area contributed by atoms with Crippen LogP contribution in [0.5, 0.6) is 11.5 Å². The number of ether oxygens (including phenoxy) is 1. The number of rotatable bonds is 5. The normalized spacial score (nSPS) is 12.1. The monoisotopic (exact) mass is 259 g/mol. The van der Waals surface area contributed by atoms with Gasteiger partial charge in [0.1, 0.15) is 0 Å². The third kappa shape index (κ3) is 4.84. The summed E-state index contributed by atoms with van der Waals surface area (Å²) in [5.41, 5.74) is 7.01. The third-order valence-electron chi connectivity index (χ3n) is 2.69. The number of nitrogens with two attached hydrogens (primary N) is 1. The van der Waals surface area contributed by atoms with Crippen molar-refractivity contribution in [1.82, 2.24) is 0 Å². The van der Waals surface area contributed by atoms with Crippen molar-refractivity contribution >= 4 is 12.4 Å². The van der Waals surface area contributed by atoms with Crippen molar-refractivity contribution in [3.05, 3.63) is 23.8 Å². The fourth-order valence-corrected chi connectivity index (χ4v) is 1.62. The standard InChI is InChI=1S/C13H21NO2.ClH/c1-9(2)4-6-11(14)10-5-7-13(16-3)12(15)8-10;/h5,7-9,11,15H,4,6,14H2,1-3H3;1H/t11-;/m0./s1. The average Bonchev–Trinajstić information content (AvgIpc) is 2.25. The van der Waals surface area contributed by atoms with Crippen LogP contribution in [-0.2, 0) is 0 Å². The molecular formula is C13H22ClNO2. The van der Waals surface area contributed by atoms with Crippen LogP contribution in [-0.4, -0.2) is 12.2 Å². The lowest BCUT2D eigenvalue weighted by atomic mass is 9.98.